The summed E-state index contributed by atoms with van der Waals surface area (Å²) in [6.45, 7) is 5.42. The number of aliphatic carboxylic acids is 3. The molecule has 0 fully saturated rings. The molecular weight excluding hydrogens is 1880 g/mol. The number of fused-ring (bicyclic) bond motifs is 4. The van der Waals surface area contributed by atoms with Gasteiger partial charge in [-0.25, -0.2) is 49.6 Å². The van der Waals surface area contributed by atoms with Crippen LogP contribution in [0.2, 0.25) is 10.0 Å². The number of para-hydroxylation sites is 3. The molecular formula is C101H84Cl2F6N8O17S3. The molecule has 0 bridgehead atoms. The van der Waals surface area contributed by atoms with Crippen LogP contribution in [-0.4, -0.2) is 126 Å². The smallest absolute Gasteiger partial charge is 0.435 e. The number of halogens is 8. The summed E-state index contributed by atoms with van der Waals surface area (Å²) in [4.78, 5) is 63.8. The number of nitrogens with zero attached hydrogens (tertiary/aromatic N) is 4. The van der Waals surface area contributed by atoms with Crippen molar-refractivity contribution in [1.82, 2.24) is 24.1 Å². The van der Waals surface area contributed by atoms with Gasteiger partial charge in [-0.1, -0.05) is 162 Å². The van der Waals surface area contributed by atoms with E-state index in [1.807, 2.05) is 92.9 Å². The number of benzene rings is 12. The van der Waals surface area contributed by atoms with Gasteiger partial charge in [0, 0.05) is 75.4 Å². The van der Waals surface area contributed by atoms with Crippen LogP contribution in [0.5, 0.6) is 11.5 Å². The summed E-state index contributed by atoms with van der Waals surface area (Å²) in [6.07, 6.45) is 2.19. The van der Waals surface area contributed by atoms with Gasteiger partial charge >= 0.3 is 30.1 Å². The Labute approximate surface area is 794 Å². The van der Waals surface area contributed by atoms with Gasteiger partial charge in [-0.2, -0.15) is 18.3 Å². The molecule has 1 aliphatic heterocycles. The second-order valence-electron chi connectivity index (χ2n) is 30.2. The maximum absolute atomic E-state index is 13.7. The van der Waals surface area contributed by atoms with Crippen molar-refractivity contribution in [2.24, 2.45) is 5.14 Å². The molecule has 2 atom stereocenters. The zero-order chi connectivity index (χ0) is 99.5. The number of aliphatic hydroxyl groups excluding tert-OH is 1. The number of H-pyrrole nitrogens is 1. The molecule has 4 heterocycles. The number of amides is 1. The van der Waals surface area contributed by atoms with E-state index in [0.29, 0.717) is 49.7 Å². The molecule has 1 aliphatic carbocycles. The van der Waals surface area contributed by atoms with E-state index in [0.717, 1.165) is 88.1 Å². The van der Waals surface area contributed by atoms with Crippen LogP contribution >= 0.6 is 23.2 Å². The number of pyridine rings is 1. The van der Waals surface area contributed by atoms with Crippen molar-refractivity contribution < 1.29 is 107 Å². The zero-order valence-corrected chi connectivity index (χ0v) is 77.1. The minimum absolute atomic E-state index is 0.0469. The van der Waals surface area contributed by atoms with E-state index in [2.05, 4.69) is 43.9 Å². The first kappa shape index (κ1) is 102. The summed E-state index contributed by atoms with van der Waals surface area (Å²) in [5.41, 5.74) is 9.41. The number of carboxylic acid groups (broad SMARTS) is 4. The highest BCUT2D eigenvalue weighted by molar-refractivity contribution is 7.89. The number of aromatic amines is 1. The Bertz CT molecular complexity index is 7370. The van der Waals surface area contributed by atoms with Crippen molar-refractivity contribution in [1.29, 1.82) is 0 Å². The van der Waals surface area contributed by atoms with Crippen LogP contribution in [0.3, 0.4) is 0 Å². The number of methoxy groups -OCH3 is 1. The number of carbonyl (C=O) groups excluding carboxylic acids is 1. The maximum Gasteiger partial charge on any atom is 0.435 e. The predicted molar refractivity (Wildman–Crippen MR) is 515 cm³/mol. The van der Waals surface area contributed by atoms with Crippen LogP contribution in [0, 0.1) is 24.4 Å². The van der Waals surface area contributed by atoms with Crippen molar-refractivity contribution in [3.05, 3.63) is 386 Å². The number of allylic oxidation sites excluding steroid dienone is 2. The van der Waals surface area contributed by atoms with Crippen LogP contribution in [0.4, 0.5) is 43.5 Å². The Kier molecular flexibility index (Phi) is 33.6. The van der Waals surface area contributed by atoms with Crippen LogP contribution in [0.1, 0.15) is 81.2 Å². The number of sulfonamides is 2. The number of aryl methyl sites for hydroxylation is 1. The van der Waals surface area contributed by atoms with E-state index >= 15 is 0 Å². The third kappa shape index (κ3) is 26.1. The number of carbonyl (C=O) groups is 5. The van der Waals surface area contributed by atoms with Gasteiger partial charge in [0.2, 0.25) is 10.0 Å². The van der Waals surface area contributed by atoms with E-state index in [1.165, 1.54) is 84.8 Å². The molecule has 1 unspecified atom stereocenters. The molecule has 11 N–H and O–H groups in total. The number of anilines is 3. The van der Waals surface area contributed by atoms with Gasteiger partial charge in [-0.3, -0.25) is 27.7 Å². The van der Waals surface area contributed by atoms with E-state index < -0.39 is 102 Å². The highest BCUT2D eigenvalue weighted by Gasteiger charge is 2.39. The van der Waals surface area contributed by atoms with Crippen LogP contribution in [0.25, 0.3) is 72.7 Å². The lowest BCUT2D eigenvalue weighted by Gasteiger charge is -2.28. The fraction of sp³-hybridized carbons (Fsp3) is 0.0990. The average Bonchev–Trinajstić information content (AvgIpc) is 1.72. The minimum atomic E-state index is -4.61. The summed E-state index contributed by atoms with van der Waals surface area (Å²) >= 11 is 12.1. The Morgan fingerprint density at radius 1 is 0.642 bits per heavy atom. The number of nitrogens with two attached hydrogens (primary N) is 1. The van der Waals surface area contributed by atoms with Gasteiger partial charge in [0.25, 0.3) is 15.9 Å². The highest BCUT2D eigenvalue weighted by Crippen LogP contribution is 2.45. The number of aromatic hydroxyl groups is 1. The molecule has 17 rings (SSSR count). The molecule has 0 saturated carbocycles. The number of primary sulfonamides is 1. The van der Waals surface area contributed by atoms with Gasteiger partial charge in [0.1, 0.15) is 40.3 Å². The van der Waals surface area contributed by atoms with E-state index in [-0.39, 0.29) is 73.6 Å². The standard InChI is InChI=1S/C20H17FO3S.C17H14F3N3O2S.C15H13N3O4S.C14H11Cl2NO2.C14H14O3.C13H8F2O3.C8H7N/c1-12-17(9-13-3-6-15(7-4-13)25(2)24)16-8-5-14(21)10-19(16)18(12)11-20(22)23;1-11-2-4-12(5-3-11)15-10-16(17(18,19)20)22-23(15)13-6-8-14(9-7-13)26(21,24)25;1-18-13(15(20)17-12-8-4-5-9-16-12)14(19)10-6-2-3-7-11(10)23(18,21)22;15-10-5-3-6-11(16)14(10)17-12-7-2-1-4-9(12)8-13(18)19;1-9(14(15)16)10-3-4-12-8-13(17-2)6-5-11(12)7-10;14-8-2-3-9(11(15)6-8)7-1-4-12(16)10(5-7)13(17)18;1-2-4-8-7(3-1)5-6-9-8/h3-10H,11H2,1-2H3,(H,22,23);2-10H,1H3,(H2,21,24,25);2-9,19H,1H3,(H,16,17,20);1-7,17H,8H2,(H,18,19);3-9H,1-2H3,(H,15,16);1-6,16H,(H,17,18);1-6,9H/b17-9-;;;;;;/t;;;;9-;;/m....0../s1. The van der Waals surface area contributed by atoms with E-state index in [9.17, 15) is 81.6 Å². The third-order valence-electron chi connectivity index (χ3n) is 21.0. The number of alkyl halides is 3. The maximum atomic E-state index is 13.7. The summed E-state index contributed by atoms with van der Waals surface area (Å²) < 4.78 is 146. The summed E-state index contributed by atoms with van der Waals surface area (Å²) in [5.74, 6) is -6.85. The second kappa shape index (κ2) is 45.0. The number of hydrogen-bond donors (Lipinski definition) is 10. The molecule has 0 spiro atoms. The number of aromatic carboxylic acids is 1. The molecule has 2 aliphatic rings. The van der Waals surface area contributed by atoms with Gasteiger partial charge in [0.05, 0.1) is 62.8 Å². The predicted octanol–water partition coefficient (Wildman–Crippen LogP) is 22.1. The molecule has 25 nitrogen and oxygen atoms in total. The van der Waals surface area contributed by atoms with Crippen LogP contribution in [-0.2, 0) is 62.6 Å². The average molecular weight is 1960 g/mol. The molecule has 1 amide bonds. The van der Waals surface area contributed by atoms with Crippen molar-refractivity contribution in [2.45, 2.75) is 60.4 Å². The first-order chi connectivity index (χ1) is 65.0. The van der Waals surface area contributed by atoms with Crippen molar-refractivity contribution >= 4 is 146 Å². The first-order valence-corrected chi connectivity index (χ1v) is 46.1. The van der Waals surface area contributed by atoms with Crippen LogP contribution < -0.4 is 20.5 Å². The number of hydrogen-bond acceptors (Lipinski definition) is 16. The number of aliphatic hydroxyl groups is 1. The van der Waals surface area contributed by atoms with E-state index in [4.69, 9.17) is 53.5 Å². The Hall–Kier alpha value is -15.5. The number of likely N-dealkylation sites (N-methyl/N-ethyl adjacent to an activating group) is 1. The lowest BCUT2D eigenvalue weighted by atomic mass is 9.98. The topological polar surface area (TPSA) is 401 Å². The van der Waals surface area contributed by atoms with Gasteiger partial charge in [-0.15, -0.1) is 0 Å². The zero-order valence-electron chi connectivity index (χ0n) is 73.1. The van der Waals surface area contributed by atoms with Crippen LogP contribution in [0.15, 0.2) is 323 Å². The van der Waals surface area contributed by atoms with Crippen molar-refractivity contribution in [3.63, 3.8) is 0 Å². The number of ether oxygens (including phenoxy) is 1. The fourth-order valence-corrected chi connectivity index (χ4v) is 16.8. The third-order valence-corrected chi connectivity index (χ3v) is 25.3. The molecule has 0 saturated heterocycles. The molecule has 704 valence electrons. The molecule has 137 heavy (non-hydrogen) atoms. The van der Waals surface area contributed by atoms with E-state index in [1.54, 1.807) is 129 Å². The minimum Gasteiger partial charge on any atom is -0.507 e. The number of aromatic nitrogens is 4. The highest BCUT2D eigenvalue weighted by atomic mass is 35.5. The van der Waals surface area contributed by atoms with Gasteiger partial charge < -0.3 is 51.0 Å². The molecule has 3 aromatic heterocycles. The largest absolute Gasteiger partial charge is 0.507 e. The monoisotopic (exact) mass is 1960 g/mol. The lowest BCUT2D eigenvalue weighted by molar-refractivity contribution is -0.141. The number of carboxylic acids is 4. The van der Waals surface area contributed by atoms with Crippen molar-refractivity contribution in [3.8, 4) is 39.6 Å². The SMILES string of the molecule is CC1=C(CC(=O)O)c2cc(F)ccc2/C1=C\c1ccc(S(C)=O)cc1.CN1C(C(=O)Nc2ccccn2)=C(O)c2ccccc2S1(=O)=O.COc1ccc2cc([C@H](C)C(=O)O)ccc2c1.Cc1ccc(-c2cc(C(F)(F)F)nn2-c2ccc(S(N)(=O)=O)cc2)cc1.O=C(O)Cc1ccccc1Nc1c(Cl)cccc1Cl.O=C(O)c1cc(-c2ccc(F)cc2F)ccc1O.c1ccc2[nH]ccc2c1. The summed E-state index contributed by atoms with van der Waals surface area (Å²) in [7, 11) is -5.99. The quantitative estimate of drug-likeness (QED) is 0.0357. The molecule has 36 heteroatoms. The number of rotatable bonds is 18. The summed E-state index contributed by atoms with van der Waals surface area (Å²) in [5, 5.41) is 74.1. The number of nitrogens with one attached hydrogen (secondary N) is 3. The Morgan fingerprint density at radius 2 is 1.26 bits per heavy atom. The van der Waals surface area contributed by atoms with Gasteiger partial charge in [0.15, 0.2) is 17.2 Å². The number of phenols is 1. The molecule has 0 radical (unpaired) electrons. The molecule has 15 aromatic rings. The van der Waals surface area contributed by atoms with Gasteiger partial charge in [-0.05, 0) is 239 Å². The first-order valence-electron chi connectivity index (χ1n) is 40.8. The fourth-order valence-electron chi connectivity index (χ4n) is 13.9. The normalized spacial score (nSPS) is 13.0. The second-order valence-corrected chi connectivity index (χ2v) is 35.9. The molecule has 12 aromatic carbocycles. The lowest BCUT2D eigenvalue weighted by Crippen LogP contribution is -2.37. The Morgan fingerprint density at radius 3 is 1.88 bits per heavy atom. The van der Waals surface area contributed by atoms with Crippen molar-refractivity contribution in [2.75, 3.05) is 31.0 Å². The summed E-state index contributed by atoms with van der Waals surface area (Å²) in [6, 6.07) is 76.4. The Balaban J connectivity index is 0.000000156.